The van der Waals surface area contributed by atoms with Crippen molar-refractivity contribution in [3.8, 4) is 11.1 Å². The summed E-state index contributed by atoms with van der Waals surface area (Å²) in [4.78, 5) is 31.3. The van der Waals surface area contributed by atoms with Crippen LogP contribution in [0.3, 0.4) is 0 Å². The summed E-state index contributed by atoms with van der Waals surface area (Å²) in [6.07, 6.45) is 5.77. The van der Waals surface area contributed by atoms with Crippen molar-refractivity contribution >= 4 is 11.8 Å². The summed E-state index contributed by atoms with van der Waals surface area (Å²) in [6, 6.07) is 22.0. The molecule has 4 rings (SSSR count). The number of primary amides is 1. The van der Waals surface area contributed by atoms with Crippen molar-refractivity contribution in [3.05, 3.63) is 90.3 Å². The van der Waals surface area contributed by atoms with Gasteiger partial charge in [0.15, 0.2) is 0 Å². The monoisotopic (exact) mass is 413 g/mol. The zero-order valence-electron chi connectivity index (χ0n) is 17.5. The molecule has 1 aromatic heterocycles. The fraction of sp³-hybridized carbons (Fsp3) is 0.269. The first-order valence-corrected chi connectivity index (χ1v) is 10.7. The second-order valence-electron chi connectivity index (χ2n) is 8.27. The zero-order chi connectivity index (χ0) is 21.7. The molecule has 0 bridgehead atoms. The molecule has 0 spiro atoms. The van der Waals surface area contributed by atoms with Gasteiger partial charge >= 0.3 is 0 Å². The van der Waals surface area contributed by atoms with E-state index in [9.17, 15) is 9.59 Å². The summed E-state index contributed by atoms with van der Waals surface area (Å²) < 4.78 is 0. The lowest BCUT2D eigenvalue weighted by atomic mass is 9.78. The van der Waals surface area contributed by atoms with E-state index in [4.69, 9.17) is 5.73 Å². The largest absolute Gasteiger partial charge is 0.369 e. The van der Waals surface area contributed by atoms with Crippen LogP contribution in [-0.2, 0) is 22.4 Å². The van der Waals surface area contributed by atoms with E-state index < -0.39 is 5.41 Å². The van der Waals surface area contributed by atoms with E-state index in [2.05, 4.69) is 11.1 Å². The van der Waals surface area contributed by atoms with Crippen molar-refractivity contribution in [2.75, 3.05) is 13.1 Å². The Morgan fingerprint density at radius 1 is 0.968 bits per heavy atom. The number of hydrogen-bond donors (Lipinski definition) is 1. The van der Waals surface area contributed by atoms with Crippen LogP contribution in [0.1, 0.15) is 24.0 Å². The molecule has 1 aliphatic rings. The second kappa shape index (κ2) is 9.13. The first-order valence-electron chi connectivity index (χ1n) is 10.7. The number of aromatic nitrogens is 1. The van der Waals surface area contributed by atoms with Crippen molar-refractivity contribution in [3.63, 3.8) is 0 Å². The van der Waals surface area contributed by atoms with Crippen molar-refractivity contribution in [1.29, 1.82) is 0 Å². The molecule has 31 heavy (non-hydrogen) atoms. The number of nitrogens with two attached hydrogens (primary N) is 1. The van der Waals surface area contributed by atoms with Gasteiger partial charge in [-0.1, -0.05) is 54.6 Å². The molecule has 2 heterocycles. The third kappa shape index (κ3) is 4.66. The summed E-state index contributed by atoms with van der Waals surface area (Å²) in [5.74, 6) is -0.259. The van der Waals surface area contributed by atoms with Crippen molar-refractivity contribution in [2.45, 2.75) is 25.7 Å². The maximum Gasteiger partial charge on any atom is 0.225 e. The first-order chi connectivity index (χ1) is 15.1. The number of likely N-dealkylation sites (tertiary alicyclic amines) is 1. The third-order valence-electron chi connectivity index (χ3n) is 6.24. The molecule has 3 aromatic rings. The summed E-state index contributed by atoms with van der Waals surface area (Å²) in [6.45, 7) is 0.939. The number of nitrogens with zero attached hydrogens (tertiary/aromatic N) is 2. The maximum absolute atomic E-state index is 12.8. The van der Waals surface area contributed by atoms with Crippen molar-refractivity contribution in [2.24, 2.45) is 11.1 Å². The highest BCUT2D eigenvalue weighted by molar-refractivity contribution is 5.85. The van der Waals surface area contributed by atoms with Crippen LogP contribution in [0.5, 0.6) is 0 Å². The van der Waals surface area contributed by atoms with Crippen LogP contribution in [0, 0.1) is 5.41 Å². The van der Waals surface area contributed by atoms with E-state index in [1.165, 1.54) is 0 Å². The Morgan fingerprint density at radius 2 is 1.68 bits per heavy atom. The molecule has 1 saturated heterocycles. The molecule has 5 nitrogen and oxygen atoms in total. The standard InChI is InChI=1S/C26H27N3O2/c27-25(31)26(18-22-8-4-5-9-23(22)21-12-15-28-16-13-21)14-17-29(19-26)24(30)11-10-20-6-2-1-3-7-20/h1-9,12-13,15-16H,10-11,14,17-19H2,(H2,27,31). The zero-order valence-corrected chi connectivity index (χ0v) is 17.5. The number of carbonyl (C=O) groups excluding carboxylic acids is 2. The van der Waals surface area contributed by atoms with E-state index in [-0.39, 0.29) is 11.8 Å². The van der Waals surface area contributed by atoms with Gasteiger partial charge in [0.25, 0.3) is 0 Å². The molecule has 1 aliphatic heterocycles. The molecule has 0 saturated carbocycles. The van der Waals surface area contributed by atoms with Crippen LogP contribution in [0.15, 0.2) is 79.1 Å². The highest BCUT2D eigenvalue weighted by Gasteiger charge is 2.44. The highest BCUT2D eigenvalue weighted by Crippen LogP contribution is 2.37. The minimum absolute atomic E-state index is 0.0781. The normalized spacial score (nSPS) is 18.1. The molecule has 5 heteroatoms. The fourth-order valence-corrected chi connectivity index (χ4v) is 4.42. The minimum Gasteiger partial charge on any atom is -0.369 e. The predicted octanol–water partition coefficient (Wildman–Crippen LogP) is 3.63. The lowest BCUT2D eigenvalue weighted by molar-refractivity contribution is -0.132. The lowest BCUT2D eigenvalue weighted by Crippen LogP contribution is -2.42. The van der Waals surface area contributed by atoms with Crippen LogP contribution in [0.25, 0.3) is 11.1 Å². The van der Waals surface area contributed by atoms with E-state index in [0.29, 0.717) is 38.8 Å². The molecule has 2 N–H and O–H groups in total. The number of benzene rings is 2. The number of carbonyl (C=O) groups is 2. The first kappa shape index (κ1) is 20.8. The van der Waals surface area contributed by atoms with Crippen LogP contribution in [0.4, 0.5) is 0 Å². The Morgan fingerprint density at radius 3 is 2.42 bits per heavy atom. The van der Waals surface area contributed by atoms with Gasteiger partial charge in [0.2, 0.25) is 11.8 Å². The topological polar surface area (TPSA) is 76.3 Å². The number of amides is 2. The van der Waals surface area contributed by atoms with Gasteiger partial charge in [0.05, 0.1) is 5.41 Å². The minimum atomic E-state index is -0.745. The number of pyridine rings is 1. The molecule has 1 unspecified atom stereocenters. The Bertz CT molecular complexity index is 1050. The predicted molar refractivity (Wildman–Crippen MR) is 121 cm³/mol. The molecule has 158 valence electrons. The maximum atomic E-state index is 12.8. The summed E-state index contributed by atoms with van der Waals surface area (Å²) in [5, 5.41) is 0. The molecular weight excluding hydrogens is 386 g/mol. The lowest BCUT2D eigenvalue weighted by Gasteiger charge is -2.27. The van der Waals surface area contributed by atoms with E-state index in [0.717, 1.165) is 22.3 Å². The summed E-state index contributed by atoms with van der Waals surface area (Å²) in [7, 11) is 0. The SMILES string of the molecule is NC(=O)C1(Cc2ccccc2-c2ccncc2)CCN(C(=O)CCc2ccccc2)C1. The average molecular weight is 414 g/mol. The van der Waals surface area contributed by atoms with Gasteiger partial charge in [-0.05, 0) is 53.6 Å². The molecule has 2 aromatic carbocycles. The smallest absolute Gasteiger partial charge is 0.225 e. The van der Waals surface area contributed by atoms with Crippen LogP contribution in [-0.4, -0.2) is 34.8 Å². The van der Waals surface area contributed by atoms with Gasteiger partial charge in [-0.25, -0.2) is 0 Å². The molecule has 1 atom stereocenters. The quantitative estimate of drug-likeness (QED) is 0.643. The molecule has 2 amide bonds. The average Bonchev–Trinajstić information content (AvgIpc) is 3.25. The van der Waals surface area contributed by atoms with Crippen molar-refractivity contribution in [1.82, 2.24) is 9.88 Å². The van der Waals surface area contributed by atoms with Crippen molar-refractivity contribution < 1.29 is 9.59 Å². The van der Waals surface area contributed by atoms with Crippen LogP contribution >= 0.6 is 0 Å². The second-order valence-corrected chi connectivity index (χ2v) is 8.27. The fourth-order valence-electron chi connectivity index (χ4n) is 4.42. The van der Waals surface area contributed by atoms with E-state index in [1.54, 1.807) is 12.4 Å². The van der Waals surface area contributed by atoms with E-state index >= 15 is 0 Å². The van der Waals surface area contributed by atoms with Crippen LogP contribution in [0.2, 0.25) is 0 Å². The van der Waals surface area contributed by atoms with Gasteiger partial charge in [-0.2, -0.15) is 0 Å². The van der Waals surface area contributed by atoms with Gasteiger partial charge in [-0.3, -0.25) is 14.6 Å². The number of hydrogen-bond acceptors (Lipinski definition) is 3. The molecule has 1 fully saturated rings. The number of rotatable bonds is 7. The molecule has 0 radical (unpaired) electrons. The van der Waals surface area contributed by atoms with Gasteiger partial charge < -0.3 is 10.6 Å². The Balaban J connectivity index is 1.50. The Kier molecular flexibility index (Phi) is 6.12. The Hall–Kier alpha value is -3.47. The van der Waals surface area contributed by atoms with Gasteiger partial charge in [0, 0.05) is 31.9 Å². The van der Waals surface area contributed by atoms with E-state index in [1.807, 2.05) is 65.6 Å². The van der Waals surface area contributed by atoms with Gasteiger partial charge in [-0.15, -0.1) is 0 Å². The Labute approximate surface area is 182 Å². The number of aryl methyl sites for hydroxylation is 1. The summed E-state index contributed by atoms with van der Waals surface area (Å²) >= 11 is 0. The van der Waals surface area contributed by atoms with Gasteiger partial charge in [0.1, 0.15) is 0 Å². The van der Waals surface area contributed by atoms with Crippen LogP contribution < -0.4 is 5.73 Å². The highest BCUT2D eigenvalue weighted by atomic mass is 16.2. The third-order valence-corrected chi connectivity index (χ3v) is 6.24. The molecular formula is C26H27N3O2. The summed E-state index contributed by atoms with van der Waals surface area (Å²) in [5.41, 5.74) is 9.49. The molecule has 0 aliphatic carbocycles.